The number of carbonyl (C=O) groups is 1. The van der Waals surface area contributed by atoms with Gasteiger partial charge in [0, 0.05) is 23.8 Å². The number of carbonyl (C=O) groups excluding carboxylic acids is 1. The lowest BCUT2D eigenvalue weighted by Gasteiger charge is -2.32. The predicted octanol–water partition coefficient (Wildman–Crippen LogP) is 4.81. The molecule has 1 unspecified atom stereocenters. The van der Waals surface area contributed by atoms with Crippen molar-refractivity contribution in [2.75, 3.05) is 18.4 Å². The Hall–Kier alpha value is -1.84. The second-order valence-corrected chi connectivity index (χ2v) is 7.43. The highest BCUT2D eigenvalue weighted by Gasteiger charge is 2.26. The van der Waals surface area contributed by atoms with Gasteiger partial charge in [-0.15, -0.1) is 0 Å². The normalized spacial score (nSPS) is 18.1. The van der Waals surface area contributed by atoms with Crippen molar-refractivity contribution < 1.29 is 4.79 Å². The van der Waals surface area contributed by atoms with Crippen LogP contribution < -0.4 is 5.32 Å². The number of nitrogens with zero attached hydrogens (tertiary/aromatic N) is 1. The zero-order valence-corrected chi connectivity index (χ0v) is 15.6. The van der Waals surface area contributed by atoms with Crippen molar-refractivity contribution in [3.63, 3.8) is 0 Å². The Bertz CT molecular complexity index is 759. The fourth-order valence-corrected chi connectivity index (χ4v) is 3.58. The lowest BCUT2D eigenvalue weighted by molar-refractivity contribution is -0.121. The van der Waals surface area contributed by atoms with E-state index in [1.54, 1.807) is 0 Å². The number of amides is 1. The van der Waals surface area contributed by atoms with E-state index in [-0.39, 0.29) is 11.8 Å². The number of nitrogens with one attached hydrogen (secondary N) is 1. The van der Waals surface area contributed by atoms with Crippen molar-refractivity contribution in [2.24, 2.45) is 5.92 Å². The molecule has 1 saturated heterocycles. The second kappa shape index (κ2) is 8.03. The molecule has 1 amide bonds. The Morgan fingerprint density at radius 2 is 2.04 bits per heavy atom. The smallest absolute Gasteiger partial charge is 0.228 e. The number of halogens is 1. The molecule has 0 spiro atoms. The van der Waals surface area contributed by atoms with Gasteiger partial charge in [-0.05, 0) is 74.2 Å². The highest BCUT2D eigenvalue weighted by atomic mass is 35.5. The van der Waals surface area contributed by atoms with Gasteiger partial charge in [0.15, 0.2) is 0 Å². The van der Waals surface area contributed by atoms with Crippen LogP contribution in [0, 0.1) is 19.8 Å². The lowest BCUT2D eigenvalue weighted by Crippen LogP contribution is -2.40. The van der Waals surface area contributed by atoms with E-state index in [1.807, 2.05) is 30.3 Å². The molecule has 4 heteroatoms. The van der Waals surface area contributed by atoms with Crippen LogP contribution in [0.25, 0.3) is 0 Å². The fraction of sp³-hybridized carbons (Fsp3) is 0.381. The number of aryl methyl sites for hydroxylation is 2. The van der Waals surface area contributed by atoms with E-state index in [0.717, 1.165) is 43.2 Å². The molecule has 0 bridgehead atoms. The third kappa shape index (κ3) is 4.83. The van der Waals surface area contributed by atoms with Gasteiger partial charge in [0.1, 0.15) is 0 Å². The van der Waals surface area contributed by atoms with Gasteiger partial charge in [-0.25, -0.2) is 0 Å². The summed E-state index contributed by atoms with van der Waals surface area (Å²) in [6.45, 7) is 6.81. The van der Waals surface area contributed by atoms with Crippen molar-refractivity contribution >= 4 is 23.2 Å². The first kappa shape index (κ1) is 18.0. The van der Waals surface area contributed by atoms with Crippen LogP contribution in [0.5, 0.6) is 0 Å². The molecular weight excluding hydrogens is 332 g/mol. The van der Waals surface area contributed by atoms with Gasteiger partial charge in [-0.1, -0.05) is 29.8 Å². The molecule has 1 heterocycles. The first-order chi connectivity index (χ1) is 12.0. The van der Waals surface area contributed by atoms with Crippen molar-refractivity contribution in [3.05, 3.63) is 64.2 Å². The van der Waals surface area contributed by atoms with E-state index in [9.17, 15) is 4.79 Å². The third-order valence-electron chi connectivity index (χ3n) is 4.95. The number of likely N-dealkylation sites (tertiary alicyclic amines) is 1. The minimum atomic E-state index is 0.0366. The van der Waals surface area contributed by atoms with Crippen LogP contribution >= 0.6 is 11.6 Å². The van der Waals surface area contributed by atoms with Crippen LogP contribution in [-0.2, 0) is 11.3 Å². The molecular formula is C21H25ClN2O. The first-order valence-electron chi connectivity index (χ1n) is 8.86. The molecule has 0 aromatic heterocycles. The molecule has 132 valence electrons. The molecule has 0 saturated carbocycles. The molecule has 0 radical (unpaired) electrons. The SMILES string of the molecule is Cc1ccc(NC(=O)C2CCCN(Cc3cccc(Cl)c3)C2)cc1C. The molecule has 2 aromatic carbocycles. The number of anilines is 1. The Morgan fingerprint density at radius 3 is 2.80 bits per heavy atom. The van der Waals surface area contributed by atoms with E-state index in [2.05, 4.69) is 36.2 Å². The molecule has 1 fully saturated rings. The van der Waals surface area contributed by atoms with E-state index >= 15 is 0 Å². The van der Waals surface area contributed by atoms with Crippen molar-refractivity contribution in [1.29, 1.82) is 0 Å². The quantitative estimate of drug-likeness (QED) is 0.852. The van der Waals surface area contributed by atoms with Crippen molar-refractivity contribution in [2.45, 2.75) is 33.2 Å². The zero-order chi connectivity index (χ0) is 17.8. The zero-order valence-electron chi connectivity index (χ0n) is 14.9. The fourth-order valence-electron chi connectivity index (χ4n) is 3.37. The van der Waals surface area contributed by atoms with Gasteiger partial charge in [0.05, 0.1) is 5.92 Å². The molecule has 1 atom stereocenters. The molecule has 25 heavy (non-hydrogen) atoms. The average Bonchev–Trinajstić information content (AvgIpc) is 2.58. The molecule has 3 rings (SSSR count). The summed E-state index contributed by atoms with van der Waals surface area (Å²) in [5, 5.41) is 3.85. The largest absolute Gasteiger partial charge is 0.326 e. The molecule has 0 aliphatic carbocycles. The molecule has 1 aliphatic heterocycles. The van der Waals surface area contributed by atoms with Gasteiger partial charge in [-0.3, -0.25) is 9.69 Å². The maximum atomic E-state index is 12.7. The average molecular weight is 357 g/mol. The Morgan fingerprint density at radius 1 is 1.20 bits per heavy atom. The van der Waals surface area contributed by atoms with Crippen LogP contribution in [0.15, 0.2) is 42.5 Å². The van der Waals surface area contributed by atoms with Gasteiger partial charge in [0.2, 0.25) is 5.91 Å². The molecule has 1 N–H and O–H groups in total. The van der Waals surface area contributed by atoms with E-state index in [0.29, 0.717) is 0 Å². The number of rotatable bonds is 4. The first-order valence-corrected chi connectivity index (χ1v) is 9.24. The van der Waals surface area contributed by atoms with Gasteiger partial charge in [0.25, 0.3) is 0 Å². The van der Waals surface area contributed by atoms with Crippen LogP contribution in [0.3, 0.4) is 0 Å². The third-order valence-corrected chi connectivity index (χ3v) is 5.18. The summed E-state index contributed by atoms with van der Waals surface area (Å²) in [4.78, 5) is 15.0. The Balaban J connectivity index is 1.60. The summed E-state index contributed by atoms with van der Waals surface area (Å²) in [5.74, 6) is 0.161. The number of piperidine rings is 1. The number of hydrogen-bond acceptors (Lipinski definition) is 2. The highest BCUT2D eigenvalue weighted by molar-refractivity contribution is 6.30. The highest BCUT2D eigenvalue weighted by Crippen LogP contribution is 2.22. The van der Waals surface area contributed by atoms with Crippen LogP contribution in [0.1, 0.15) is 29.5 Å². The molecule has 2 aromatic rings. The summed E-state index contributed by atoms with van der Waals surface area (Å²) in [5.41, 5.74) is 4.52. The summed E-state index contributed by atoms with van der Waals surface area (Å²) in [6.07, 6.45) is 1.99. The Kier molecular flexibility index (Phi) is 5.77. The number of benzene rings is 2. The maximum absolute atomic E-state index is 12.7. The van der Waals surface area contributed by atoms with Crippen LogP contribution in [-0.4, -0.2) is 23.9 Å². The van der Waals surface area contributed by atoms with Gasteiger partial charge < -0.3 is 5.32 Å². The standard InChI is InChI=1S/C21H25ClN2O/c1-15-8-9-20(11-16(15)2)23-21(25)18-6-4-10-24(14-18)13-17-5-3-7-19(22)12-17/h3,5,7-9,11-12,18H,4,6,10,13-14H2,1-2H3,(H,23,25). The summed E-state index contributed by atoms with van der Waals surface area (Å²) >= 11 is 6.07. The van der Waals surface area contributed by atoms with Gasteiger partial charge in [-0.2, -0.15) is 0 Å². The second-order valence-electron chi connectivity index (χ2n) is 6.99. The van der Waals surface area contributed by atoms with Crippen molar-refractivity contribution in [1.82, 2.24) is 4.90 Å². The Labute approximate surface area is 155 Å². The topological polar surface area (TPSA) is 32.3 Å². The van der Waals surface area contributed by atoms with E-state index in [4.69, 9.17) is 11.6 Å². The van der Waals surface area contributed by atoms with Gasteiger partial charge >= 0.3 is 0 Å². The lowest BCUT2D eigenvalue weighted by atomic mass is 9.96. The summed E-state index contributed by atoms with van der Waals surface area (Å²) in [7, 11) is 0. The van der Waals surface area contributed by atoms with Crippen LogP contribution in [0.4, 0.5) is 5.69 Å². The maximum Gasteiger partial charge on any atom is 0.228 e. The molecule has 1 aliphatic rings. The molecule has 3 nitrogen and oxygen atoms in total. The summed E-state index contributed by atoms with van der Waals surface area (Å²) < 4.78 is 0. The summed E-state index contributed by atoms with van der Waals surface area (Å²) in [6, 6.07) is 14.0. The number of hydrogen-bond donors (Lipinski definition) is 1. The predicted molar refractivity (Wildman–Crippen MR) is 104 cm³/mol. The minimum absolute atomic E-state index is 0.0366. The van der Waals surface area contributed by atoms with Crippen molar-refractivity contribution in [3.8, 4) is 0 Å². The van der Waals surface area contributed by atoms with E-state index in [1.165, 1.54) is 16.7 Å². The monoisotopic (exact) mass is 356 g/mol. The minimum Gasteiger partial charge on any atom is -0.326 e. The van der Waals surface area contributed by atoms with Crippen LogP contribution in [0.2, 0.25) is 5.02 Å². The van der Waals surface area contributed by atoms with E-state index < -0.39 is 0 Å².